The summed E-state index contributed by atoms with van der Waals surface area (Å²) in [7, 11) is 0. The summed E-state index contributed by atoms with van der Waals surface area (Å²) in [5, 5.41) is 0. The van der Waals surface area contributed by atoms with Gasteiger partial charge in [-0.3, -0.25) is 0 Å². The van der Waals surface area contributed by atoms with Crippen molar-refractivity contribution < 1.29 is 0 Å². The first-order valence-corrected chi connectivity index (χ1v) is 7.30. The standard InChI is InChI=1S/C18H29N/c1-7-17(19)16-9-8-15(10-13(2)11-16)14(3)12-18(4,5)6/h8-13,17H,7,19H2,1-6H3/b14-12+. The summed E-state index contributed by atoms with van der Waals surface area (Å²) in [6.07, 6.45) is 12.3. The SMILES string of the molecule is CCC(N)C1=CC(C)C=C(/C(C)=C/C(C)(C)C)C=C1. The average Bonchev–Trinajstić information content (AvgIpc) is 2.48. The largest absolute Gasteiger partial charge is 0.324 e. The molecular formula is C18H29N. The third kappa shape index (κ3) is 5.20. The molecule has 1 aliphatic carbocycles. The van der Waals surface area contributed by atoms with Gasteiger partial charge in [0.25, 0.3) is 0 Å². The van der Waals surface area contributed by atoms with Crippen LogP contribution in [0, 0.1) is 11.3 Å². The third-order valence-electron chi connectivity index (χ3n) is 3.33. The van der Waals surface area contributed by atoms with Crippen LogP contribution in [0.15, 0.2) is 47.1 Å². The Balaban J connectivity index is 3.00. The molecule has 2 N–H and O–H groups in total. The summed E-state index contributed by atoms with van der Waals surface area (Å²) < 4.78 is 0. The molecule has 106 valence electrons. The normalized spacial score (nSPS) is 22.7. The van der Waals surface area contributed by atoms with Crippen molar-refractivity contribution in [3.05, 3.63) is 47.1 Å². The van der Waals surface area contributed by atoms with Crippen molar-refractivity contribution in [2.75, 3.05) is 0 Å². The van der Waals surface area contributed by atoms with Crippen LogP contribution in [-0.4, -0.2) is 6.04 Å². The van der Waals surface area contributed by atoms with Crippen molar-refractivity contribution in [1.29, 1.82) is 0 Å². The topological polar surface area (TPSA) is 26.0 Å². The van der Waals surface area contributed by atoms with E-state index in [-0.39, 0.29) is 11.5 Å². The van der Waals surface area contributed by atoms with E-state index in [1.165, 1.54) is 16.7 Å². The highest BCUT2D eigenvalue weighted by molar-refractivity contribution is 5.45. The Labute approximate surface area is 119 Å². The minimum absolute atomic E-state index is 0.151. The van der Waals surface area contributed by atoms with Crippen molar-refractivity contribution in [3.8, 4) is 0 Å². The Morgan fingerprint density at radius 2 is 1.95 bits per heavy atom. The van der Waals surface area contributed by atoms with E-state index in [1.807, 2.05) is 0 Å². The van der Waals surface area contributed by atoms with Crippen LogP contribution < -0.4 is 5.73 Å². The molecule has 0 bridgehead atoms. The van der Waals surface area contributed by atoms with Crippen LogP contribution in [0.25, 0.3) is 0 Å². The van der Waals surface area contributed by atoms with Crippen molar-refractivity contribution in [1.82, 2.24) is 0 Å². The molecule has 2 atom stereocenters. The van der Waals surface area contributed by atoms with Gasteiger partial charge in [-0.2, -0.15) is 0 Å². The zero-order valence-corrected chi connectivity index (χ0v) is 13.3. The number of nitrogens with two attached hydrogens (primary N) is 1. The van der Waals surface area contributed by atoms with Gasteiger partial charge in [-0.25, -0.2) is 0 Å². The molecule has 0 aliphatic heterocycles. The summed E-state index contributed by atoms with van der Waals surface area (Å²) >= 11 is 0. The second-order valence-corrected chi connectivity index (χ2v) is 6.69. The van der Waals surface area contributed by atoms with E-state index in [1.54, 1.807) is 0 Å². The molecule has 0 heterocycles. The number of hydrogen-bond acceptors (Lipinski definition) is 1. The molecule has 1 nitrogen and oxygen atoms in total. The number of hydrogen-bond donors (Lipinski definition) is 1. The highest BCUT2D eigenvalue weighted by atomic mass is 14.6. The minimum atomic E-state index is 0.151. The van der Waals surface area contributed by atoms with E-state index < -0.39 is 0 Å². The van der Waals surface area contributed by atoms with E-state index >= 15 is 0 Å². The predicted octanol–water partition coefficient (Wildman–Crippen LogP) is 4.77. The zero-order chi connectivity index (χ0) is 14.6. The summed E-state index contributed by atoms with van der Waals surface area (Å²) in [5.41, 5.74) is 10.3. The van der Waals surface area contributed by atoms with Crippen LogP contribution in [0.1, 0.15) is 48.0 Å². The molecule has 0 amide bonds. The first-order valence-electron chi connectivity index (χ1n) is 7.30. The van der Waals surface area contributed by atoms with Gasteiger partial charge in [0.2, 0.25) is 0 Å². The third-order valence-corrected chi connectivity index (χ3v) is 3.33. The molecular weight excluding hydrogens is 230 g/mol. The molecule has 0 saturated carbocycles. The lowest BCUT2D eigenvalue weighted by atomic mass is 9.91. The van der Waals surface area contributed by atoms with Crippen LogP contribution >= 0.6 is 0 Å². The molecule has 1 heteroatoms. The molecule has 0 aromatic rings. The fourth-order valence-corrected chi connectivity index (χ4v) is 2.41. The Bertz CT molecular complexity index is 427. The van der Waals surface area contributed by atoms with Crippen molar-refractivity contribution >= 4 is 0 Å². The van der Waals surface area contributed by atoms with Gasteiger partial charge >= 0.3 is 0 Å². The second kappa shape index (κ2) is 6.38. The molecule has 1 aliphatic rings. The lowest BCUT2D eigenvalue weighted by Crippen LogP contribution is -2.20. The smallest absolute Gasteiger partial charge is 0.0289 e. The average molecular weight is 259 g/mol. The number of allylic oxidation sites excluding steroid dienone is 6. The molecule has 1 rings (SSSR count). The minimum Gasteiger partial charge on any atom is -0.324 e. The van der Waals surface area contributed by atoms with Gasteiger partial charge in [0, 0.05) is 6.04 Å². The molecule has 0 spiro atoms. The maximum atomic E-state index is 6.15. The summed E-state index contributed by atoms with van der Waals surface area (Å²) in [4.78, 5) is 0. The molecule has 0 radical (unpaired) electrons. The van der Waals surface area contributed by atoms with Crippen LogP contribution in [-0.2, 0) is 0 Å². The van der Waals surface area contributed by atoms with Gasteiger partial charge in [0.05, 0.1) is 0 Å². The van der Waals surface area contributed by atoms with Gasteiger partial charge in [0.1, 0.15) is 0 Å². The molecule has 0 saturated heterocycles. The molecule has 2 unspecified atom stereocenters. The lowest BCUT2D eigenvalue weighted by molar-refractivity contribution is 0.540. The Morgan fingerprint density at radius 1 is 1.32 bits per heavy atom. The van der Waals surface area contributed by atoms with Crippen molar-refractivity contribution in [3.63, 3.8) is 0 Å². The van der Waals surface area contributed by atoms with E-state index in [0.29, 0.717) is 5.92 Å². The van der Waals surface area contributed by atoms with Crippen LogP contribution in [0.5, 0.6) is 0 Å². The molecule has 0 aromatic heterocycles. The summed E-state index contributed by atoms with van der Waals surface area (Å²) in [5.74, 6) is 0.431. The van der Waals surface area contributed by atoms with E-state index in [4.69, 9.17) is 5.73 Å². The molecule has 0 fully saturated rings. The summed E-state index contributed by atoms with van der Waals surface area (Å²) in [6.45, 7) is 13.2. The van der Waals surface area contributed by atoms with Gasteiger partial charge < -0.3 is 5.73 Å². The van der Waals surface area contributed by atoms with E-state index in [2.05, 4.69) is 71.9 Å². The Kier molecular flexibility index (Phi) is 5.37. The predicted molar refractivity (Wildman–Crippen MR) is 85.9 cm³/mol. The van der Waals surface area contributed by atoms with E-state index in [0.717, 1.165) is 6.42 Å². The first-order chi connectivity index (χ1) is 8.73. The molecule has 0 aromatic carbocycles. The Hall–Kier alpha value is -1.08. The van der Waals surface area contributed by atoms with Gasteiger partial charge in [-0.05, 0) is 41.4 Å². The maximum Gasteiger partial charge on any atom is 0.0289 e. The highest BCUT2D eigenvalue weighted by Gasteiger charge is 2.12. The Morgan fingerprint density at radius 3 is 2.47 bits per heavy atom. The fraction of sp³-hybridized carbons (Fsp3) is 0.556. The van der Waals surface area contributed by atoms with Crippen molar-refractivity contribution in [2.45, 2.75) is 54.0 Å². The van der Waals surface area contributed by atoms with Crippen LogP contribution in [0.3, 0.4) is 0 Å². The fourth-order valence-electron chi connectivity index (χ4n) is 2.41. The molecule has 19 heavy (non-hydrogen) atoms. The second-order valence-electron chi connectivity index (χ2n) is 6.69. The number of rotatable bonds is 3. The van der Waals surface area contributed by atoms with Gasteiger partial charge in [0.15, 0.2) is 0 Å². The van der Waals surface area contributed by atoms with Crippen LogP contribution in [0.4, 0.5) is 0 Å². The van der Waals surface area contributed by atoms with Crippen molar-refractivity contribution in [2.24, 2.45) is 17.1 Å². The first kappa shape index (κ1) is 16.0. The highest BCUT2D eigenvalue weighted by Crippen LogP contribution is 2.26. The maximum absolute atomic E-state index is 6.15. The zero-order valence-electron chi connectivity index (χ0n) is 13.3. The lowest BCUT2D eigenvalue weighted by Gasteiger charge is -2.15. The van der Waals surface area contributed by atoms with E-state index in [9.17, 15) is 0 Å². The summed E-state index contributed by atoms with van der Waals surface area (Å²) in [6, 6.07) is 0.151. The quantitative estimate of drug-likeness (QED) is 0.776. The van der Waals surface area contributed by atoms with Gasteiger partial charge in [-0.15, -0.1) is 0 Å². The van der Waals surface area contributed by atoms with Crippen LogP contribution in [0.2, 0.25) is 0 Å². The van der Waals surface area contributed by atoms with Gasteiger partial charge in [-0.1, -0.05) is 65.0 Å². The monoisotopic (exact) mass is 259 g/mol.